The van der Waals surface area contributed by atoms with Crippen molar-refractivity contribution in [3.8, 4) is 5.75 Å². The van der Waals surface area contributed by atoms with Crippen molar-refractivity contribution in [3.63, 3.8) is 0 Å². The molecule has 1 aromatic carbocycles. The molecule has 1 heterocycles. The van der Waals surface area contributed by atoms with Crippen molar-refractivity contribution >= 4 is 27.5 Å². The Hall–Kier alpha value is -2.03. The van der Waals surface area contributed by atoms with Crippen molar-refractivity contribution in [1.29, 1.82) is 0 Å². The zero-order valence-electron chi connectivity index (χ0n) is 13.9. The van der Waals surface area contributed by atoms with Gasteiger partial charge in [-0.15, -0.1) is 0 Å². The first kappa shape index (κ1) is 19.3. The number of hydrogen-bond donors (Lipinski definition) is 1. The van der Waals surface area contributed by atoms with Crippen LogP contribution in [-0.4, -0.2) is 22.8 Å². The number of aromatic nitrogens is 2. The number of aryl methyl sites for hydroxylation is 2. The highest BCUT2D eigenvalue weighted by Gasteiger charge is 2.37. The molecule has 25 heavy (non-hydrogen) atoms. The molecule has 0 aliphatic carbocycles. The van der Waals surface area contributed by atoms with Crippen molar-refractivity contribution in [3.05, 3.63) is 39.6 Å². The van der Waals surface area contributed by atoms with E-state index in [1.165, 1.54) is 18.7 Å². The van der Waals surface area contributed by atoms with Gasteiger partial charge in [0.2, 0.25) is 5.91 Å². The van der Waals surface area contributed by atoms with Crippen LogP contribution in [0.5, 0.6) is 5.75 Å². The largest absolute Gasteiger partial charge is 0.495 e. The number of alkyl halides is 3. The zero-order chi connectivity index (χ0) is 18.8. The highest BCUT2D eigenvalue weighted by atomic mass is 79.9. The van der Waals surface area contributed by atoms with Crippen LogP contribution in [-0.2, 0) is 17.5 Å². The third-order valence-electron chi connectivity index (χ3n) is 3.58. The van der Waals surface area contributed by atoms with Crippen molar-refractivity contribution < 1.29 is 22.7 Å². The van der Waals surface area contributed by atoms with Gasteiger partial charge in [0, 0.05) is 6.42 Å². The van der Waals surface area contributed by atoms with E-state index in [9.17, 15) is 18.0 Å². The monoisotopic (exact) mass is 419 g/mol. The number of nitrogens with one attached hydrogen (secondary N) is 1. The molecule has 0 atom stereocenters. The van der Waals surface area contributed by atoms with Crippen molar-refractivity contribution in [2.75, 3.05) is 12.4 Å². The number of amides is 1. The lowest BCUT2D eigenvalue weighted by molar-refractivity contribution is -0.142. The topological polar surface area (TPSA) is 56.1 Å². The molecule has 0 unspecified atom stereocenters. The smallest absolute Gasteiger partial charge is 0.436 e. The van der Waals surface area contributed by atoms with Crippen molar-refractivity contribution in [1.82, 2.24) is 9.78 Å². The summed E-state index contributed by atoms with van der Waals surface area (Å²) in [5.41, 5.74) is 0.777. The lowest BCUT2D eigenvalue weighted by atomic mass is 10.2. The second-order valence-corrected chi connectivity index (χ2v) is 6.26. The van der Waals surface area contributed by atoms with Gasteiger partial charge in [0.15, 0.2) is 5.69 Å². The van der Waals surface area contributed by atoms with Crippen LogP contribution in [0.4, 0.5) is 18.9 Å². The van der Waals surface area contributed by atoms with Crippen LogP contribution in [0.2, 0.25) is 0 Å². The Labute approximate surface area is 151 Å². The molecule has 0 aliphatic heterocycles. The number of anilines is 1. The first-order valence-corrected chi connectivity index (χ1v) is 8.17. The lowest BCUT2D eigenvalue weighted by Gasteiger charge is -2.11. The minimum Gasteiger partial charge on any atom is -0.495 e. The van der Waals surface area contributed by atoms with E-state index < -0.39 is 11.9 Å². The van der Waals surface area contributed by atoms with E-state index in [2.05, 4.69) is 26.3 Å². The standard InChI is InChI=1S/C16H17BrF3N3O2/c1-9-4-5-12(25-3)11(8-9)21-13(24)6-7-23-10(2)14(17)15(22-23)16(18,19)20/h4-5,8H,6-7H2,1-3H3,(H,21,24). The lowest BCUT2D eigenvalue weighted by Crippen LogP contribution is -2.16. The number of hydrogen-bond acceptors (Lipinski definition) is 3. The molecule has 2 aromatic rings. The molecule has 0 bridgehead atoms. The summed E-state index contributed by atoms with van der Waals surface area (Å²) in [4.78, 5) is 12.1. The Morgan fingerprint density at radius 1 is 1.36 bits per heavy atom. The van der Waals surface area contributed by atoms with E-state index in [4.69, 9.17) is 4.74 Å². The Kier molecular flexibility index (Phi) is 5.76. The highest BCUT2D eigenvalue weighted by molar-refractivity contribution is 9.10. The second kappa shape index (κ2) is 7.47. The van der Waals surface area contributed by atoms with Crippen LogP contribution in [0, 0.1) is 13.8 Å². The number of ether oxygens (including phenoxy) is 1. The van der Waals surface area contributed by atoms with E-state index in [0.29, 0.717) is 17.1 Å². The first-order chi connectivity index (χ1) is 11.6. The van der Waals surface area contributed by atoms with Gasteiger partial charge in [0.25, 0.3) is 0 Å². The molecule has 0 saturated carbocycles. The van der Waals surface area contributed by atoms with Crippen LogP contribution in [0.1, 0.15) is 23.4 Å². The summed E-state index contributed by atoms with van der Waals surface area (Å²) in [5, 5.41) is 6.25. The van der Waals surface area contributed by atoms with Gasteiger partial charge in [-0.3, -0.25) is 9.48 Å². The van der Waals surface area contributed by atoms with Gasteiger partial charge in [0.1, 0.15) is 5.75 Å². The van der Waals surface area contributed by atoms with Gasteiger partial charge in [0.05, 0.1) is 29.5 Å². The van der Waals surface area contributed by atoms with Gasteiger partial charge in [-0.05, 0) is 47.5 Å². The van der Waals surface area contributed by atoms with Crippen LogP contribution in [0.15, 0.2) is 22.7 Å². The van der Waals surface area contributed by atoms with Gasteiger partial charge in [-0.1, -0.05) is 6.07 Å². The molecule has 0 aliphatic rings. The normalized spacial score (nSPS) is 11.5. The molecule has 1 aromatic heterocycles. The summed E-state index contributed by atoms with van der Waals surface area (Å²) in [6, 6.07) is 5.33. The SMILES string of the molecule is COc1ccc(C)cc1NC(=O)CCn1nc(C(F)(F)F)c(Br)c1C. The molecule has 1 amide bonds. The van der Waals surface area contributed by atoms with Crippen LogP contribution < -0.4 is 10.1 Å². The molecule has 0 spiro atoms. The fourth-order valence-corrected chi connectivity index (χ4v) is 2.77. The Morgan fingerprint density at radius 3 is 2.60 bits per heavy atom. The molecule has 9 heteroatoms. The van der Waals surface area contributed by atoms with E-state index in [1.807, 2.05) is 13.0 Å². The molecule has 0 saturated heterocycles. The average molecular weight is 420 g/mol. The van der Waals surface area contributed by atoms with Gasteiger partial charge in [-0.25, -0.2) is 0 Å². The van der Waals surface area contributed by atoms with E-state index >= 15 is 0 Å². The van der Waals surface area contributed by atoms with E-state index in [0.717, 1.165) is 5.56 Å². The van der Waals surface area contributed by atoms with E-state index in [-0.39, 0.29) is 23.3 Å². The summed E-state index contributed by atoms with van der Waals surface area (Å²) in [5.74, 6) is 0.166. The second-order valence-electron chi connectivity index (χ2n) is 5.47. The van der Waals surface area contributed by atoms with Gasteiger partial charge < -0.3 is 10.1 Å². The number of halogens is 4. The maximum Gasteiger partial charge on any atom is 0.436 e. The fourth-order valence-electron chi connectivity index (χ4n) is 2.26. The number of benzene rings is 1. The van der Waals surface area contributed by atoms with Gasteiger partial charge >= 0.3 is 6.18 Å². The number of nitrogens with zero attached hydrogens (tertiary/aromatic N) is 2. The molecule has 5 nitrogen and oxygen atoms in total. The molecule has 2 rings (SSSR count). The molecular formula is C16H17BrF3N3O2. The minimum atomic E-state index is -4.55. The van der Waals surface area contributed by atoms with E-state index in [1.54, 1.807) is 12.1 Å². The number of carbonyl (C=O) groups is 1. The predicted molar refractivity (Wildman–Crippen MR) is 90.6 cm³/mol. The summed E-state index contributed by atoms with van der Waals surface area (Å²) >= 11 is 2.90. The maximum atomic E-state index is 12.9. The highest BCUT2D eigenvalue weighted by Crippen LogP contribution is 2.35. The summed E-state index contributed by atoms with van der Waals surface area (Å²) < 4.78 is 44.8. The first-order valence-electron chi connectivity index (χ1n) is 7.38. The van der Waals surface area contributed by atoms with Crippen LogP contribution in [0.25, 0.3) is 0 Å². The Morgan fingerprint density at radius 2 is 2.04 bits per heavy atom. The van der Waals surface area contributed by atoms with Crippen LogP contribution >= 0.6 is 15.9 Å². The molecular weight excluding hydrogens is 403 g/mol. The number of rotatable bonds is 5. The fraction of sp³-hybridized carbons (Fsp3) is 0.375. The number of methoxy groups -OCH3 is 1. The quantitative estimate of drug-likeness (QED) is 0.784. The summed E-state index contributed by atoms with van der Waals surface area (Å²) in [6.45, 7) is 3.41. The molecule has 0 radical (unpaired) electrons. The van der Waals surface area contributed by atoms with Gasteiger partial charge in [-0.2, -0.15) is 18.3 Å². The Bertz CT molecular complexity index is 788. The summed E-state index contributed by atoms with van der Waals surface area (Å²) in [7, 11) is 1.49. The molecule has 0 fully saturated rings. The maximum absolute atomic E-state index is 12.9. The molecule has 136 valence electrons. The average Bonchev–Trinajstić information content (AvgIpc) is 2.81. The third-order valence-corrected chi connectivity index (χ3v) is 4.53. The van der Waals surface area contributed by atoms with Crippen molar-refractivity contribution in [2.24, 2.45) is 0 Å². The minimum absolute atomic E-state index is 0.0245. The van der Waals surface area contributed by atoms with Crippen LogP contribution in [0.3, 0.4) is 0 Å². The summed E-state index contributed by atoms with van der Waals surface area (Å²) in [6.07, 6.45) is -4.57. The predicted octanol–water partition coefficient (Wildman–Crippen LogP) is 4.32. The zero-order valence-corrected chi connectivity index (χ0v) is 15.5. The molecule has 1 N–H and O–H groups in total. The third kappa shape index (κ3) is 4.53. The Balaban J connectivity index is 2.07. The van der Waals surface area contributed by atoms with Crippen molar-refractivity contribution in [2.45, 2.75) is 33.0 Å². The number of carbonyl (C=O) groups excluding carboxylic acids is 1.